The molecule has 0 spiro atoms. The van der Waals surface area contributed by atoms with E-state index < -0.39 is 0 Å². The van der Waals surface area contributed by atoms with Crippen LogP contribution in [0.3, 0.4) is 0 Å². The van der Waals surface area contributed by atoms with Crippen molar-refractivity contribution < 1.29 is 4.74 Å². The number of thioether (sulfide) groups is 1. The van der Waals surface area contributed by atoms with Gasteiger partial charge in [-0.25, -0.2) is 0 Å². The number of benzene rings is 1. The van der Waals surface area contributed by atoms with Crippen LogP contribution in [0.25, 0.3) is 0 Å². The van der Waals surface area contributed by atoms with Crippen molar-refractivity contribution in [2.24, 2.45) is 0 Å². The van der Waals surface area contributed by atoms with Crippen LogP contribution in [0, 0.1) is 0 Å². The van der Waals surface area contributed by atoms with Crippen molar-refractivity contribution in [3.05, 3.63) is 28.7 Å². The van der Waals surface area contributed by atoms with Crippen molar-refractivity contribution >= 4 is 27.7 Å². The minimum absolute atomic E-state index is 0.551. The predicted octanol–water partition coefficient (Wildman–Crippen LogP) is 3.17. The summed E-state index contributed by atoms with van der Waals surface area (Å²) in [5.74, 6) is 0. The molecule has 16 heavy (non-hydrogen) atoms. The SMILES string of the molecule is COCCNCC(C)Sc1ccccc1Br. The molecule has 0 saturated carbocycles. The van der Waals surface area contributed by atoms with Gasteiger partial charge in [0.25, 0.3) is 0 Å². The molecular formula is C12H18BrNOS. The van der Waals surface area contributed by atoms with Crippen LogP contribution in [-0.2, 0) is 4.74 Å². The molecule has 1 atom stereocenters. The van der Waals surface area contributed by atoms with E-state index in [1.54, 1.807) is 7.11 Å². The second-order valence-corrected chi connectivity index (χ2v) is 5.89. The van der Waals surface area contributed by atoms with Crippen LogP contribution >= 0.6 is 27.7 Å². The Bertz CT molecular complexity index is 309. The lowest BCUT2D eigenvalue weighted by Gasteiger charge is -2.13. The molecule has 0 bridgehead atoms. The molecule has 1 N–H and O–H groups in total. The highest BCUT2D eigenvalue weighted by Gasteiger charge is 2.06. The molecule has 1 unspecified atom stereocenters. The van der Waals surface area contributed by atoms with Gasteiger partial charge in [0.2, 0.25) is 0 Å². The van der Waals surface area contributed by atoms with Gasteiger partial charge in [-0.1, -0.05) is 19.1 Å². The smallest absolute Gasteiger partial charge is 0.0587 e. The largest absolute Gasteiger partial charge is 0.383 e. The highest BCUT2D eigenvalue weighted by molar-refractivity contribution is 9.10. The van der Waals surface area contributed by atoms with Crippen LogP contribution in [0.1, 0.15) is 6.92 Å². The maximum absolute atomic E-state index is 4.98. The Balaban J connectivity index is 2.28. The summed E-state index contributed by atoms with van der Waals surface area (Å²) in [4.78, 5) is 1.29. The van der Waals surface area contributed by atoms with E-state index in [2.05, 4.69) is 46.4 Å². The van der Waals surface area contributed by atoms with Crippen LogP contribution in [0.15, 0.2) is 33.6 Å². The Hall–Kier alpha value is -0.0300. The molecule has 0 radical (unpaired) electrons. The Labute approximate surface area is 110 Å². The van der Waals surface area contributed by atoms with E-state index in [0.29, 0.717) is 5.25 Å². The molecule has 0 amide bonds. The molecule has 0 aliphatic carbocycles. The third-order valence-corrected chi connectivity index (χ3v) is 4.21. The molecule has 90 valence electrons. The number of hydrogen-bond acceptors (Lipinski definition) is 3. The average Bonchev–Trinajstić information content (AvgIpc) is 2.28. The Morgan fingerprint density at radius 2 is 2.19 bits per heavy atom. The lowest BCUT2D eigenvalue weighted by molar-refractivity contribution is 0.199. The minimum atomic E-state index is 0.551. The standard InChI is InChI=1S/C12H18BrNOS/c1-10(9-14-7-8-15-2)16-12-6-4-3-5-11(12)13/h3-6,10,14H,7-9H2,1-2H3. The lowest BCUT2D eigenvalue weighted by atomic mass is 10.4. The number of hydrogen-bond donors (Lipinski definition) is 1. The zero-order chi connectivity index (χ0) is 11.8. The molecule has 0 aromatic heterocycles. The van der Waals surface area contributed by atoms with E-state index in [1.165, 1.54) is 9.37 Å². The third-order valence-electron chi connectivity index (χ3n) is 2.08. The lowest BCUT2D eigenvalue weighted by Crippen LogP contribution is -2.26. The third kappa shape index (κ3) is 5.34. The summed E-state index contributed by atoms with van der Waals surface area (Å²) in [6.07, 6.45) is 0. The molecule has 0 aliphatic heterocycles. The summed E-state index contributed by atoms with van der Waals surface area (Å²) >= 11 is 5.43. The van der Waals surface area contributed by atoms with Gasteiger partial charge in [0.05, 0.1) is 6.61 Å². The van der Waals surface area contributed by atoms with Crippen molar-refractivity contribution in [3.63, 3.8) is 0 Å². The van der Waals surface area contributed by atoms with Gasteiger partial charge >= 0.3 is 0 Å². The van der Waals surface area contributed by atoms with Crippen LogP contribution in [-0.4, -0.2) is 32.1 Å². The van der Waals surface area contributed by atoms with Gasteiger partial charge in [-0.3, -0.25) is 0 Å². The first-order valence-electron chi connectivity index (χ1n) is 5.35. The quantitative estimate of drug-likeness (QED) is 0.617. The van der Waals surface area contributed by atoms with Crippen LogP contribution in [0.2, 0.25) is 0 Å². The predicted molar refractivity (Wildman–Crippen MR) is 74.2 cm³/mol. The van der Waals surface area contributed by atoms with Gasteiger partial charge in [-0.2, -0.15) is 0 Å². The van der Waals surface area contributed by atoms with E-state index in [1.807, 2.05) is 17.8 Å². The normalized spacial score (nSPS) is 12.7. The fraction of sp³-hybridized carbons (Fsp3) is 0.500. The van der Waals surface area contributed by atoms with Crippen LogP contribution in [0.5, 0.6) is 0 Å². The van der Waals surface area contributed by atoms with Gasteiger partial charge in [-0.15, -0.1) is 11.8 Å². The van der Waals surface area contributed by atoms with Crippen LogP contribution < -0.4 is 5.32 Å². The molecule has 0 heterocycles. The van der Waals surface area contributed by atoms with Gasteiger partial charge in [0, 0.05) is 34.8 Å². The highest BCUT2D eigenvalue weighted by Crippen LogP contribution is 2.29. The molecule has 1 rings (SSSR count). The van der Waals surface area contributed by atoms with Gasteiger partial charge in [0.15, 0.2) is 0 Å². The maximum Gasteiger partial charge on any atom is 0.0587 e. The zero-order valence-electron chi connectivity index (χ0n) is 9.70. The van der Waals surface area contributed by atoms with Gasteiger partial charge in [-0.05, 0) is 28.1 Å². The first kappa shape index (κ1) is 14.0. The van der Waals surface area contributed by atoms with Gasteiger partial charge in [0.1, 0.15) is 0 Å². The Morgan fingerprint density at radius 1 is 1.44 bits per heavy atom. The molecule has 2 nitrogen and oxygen atoms in total. The molecule has 0 saturated heterocycles. The number of methoxy groups -OCH3 is 1. The summed E-state index contributed by atoms with van der Waals surface area (Å²) < 4.78 is 6.15. The van der Waals surface area contributed by atoms with Crippen molar-refractivity contribution in [2.75, 3.05) is 26.8 Å². The highest BCUT2D eigenvalue weighted by atomic mass is 79.9. The fourth-order valence-electron chi connectivity index (χ4n) is 1.28. The molecule has 0 aliphatic rings. The number of halogens is 1. The molecular weight excluding hydrogens is 286 g/mol. The molecule has 1 aromatic rings. The Morgan fingerprint density at radius 3 is 2.88 bits per heavy atom. The maximum atomic E-state index is 4.98. The first-order valence-corrected chi connectivity index (χ1v) is 7.02. The number of rotatable bonds is 7. The van der Waals surface area contributed by atoms with Gasteiger partial charge < -0.3 is 10.1 Å². The zero-order valence-corrected chi connectivity index (χ0v) is 12.1. The summed E-state index contributed by atoms with van der Waals surface area (Å²) in [7, 11) is 1.72. The summed E-state index contributed by atoms with van der Waals surface area (Å²) in [5, 5.41) is 3.92. The van der Waals surface area contributed by atoms with E-state index in [0.717, 1.165) is 19.7 Å². The van der Waals surface area contributed by atoms with E-state index in [4.69, 9.17) is 4.74 Å². The average molecular weight is 304 g/mol. The topological polar surface area (TPSA) is 21.3 Å². The first-order chi connectivity index (χ1) is 7.74. The second-order valence-electron chi connectivity index (χ2n) is 3.56. The van der Waals surface area contributed by atoms with Crippen molar-refractivity contribution in [2.45, 2.75) is 17.1 Å². The fourth-order valence-corrected chi connectivity index (χ4v) is 2.82. The monoisotopic (exact) mass is 303 g/mol. The number of nitrogens with one attached hydrogen (secondary N) is 1. The molecule has 4 heteroatoms. The molecule has 1 aromatic carbocycles. The van der Waals surface area contributed by atoms with Crippen molar-refractivity contribution in [1.29, 1.82) is 0 Å². The van der Waals surface area contributed by atoms with Crippen LogP contribution in [0.4, 0.5) is 0 Å². The molecule has 0 fully saturated rings. The summed E-state index contributed by atoms with van der Waals surface area (Å²) in [5.41, 5.74) is 0. The summed E-state index contributed by atoms with van der Waals surface area (Å²) in [6.45, 7) is 4.91. The van der Waals surface area contributed by atoms with E-state index in [-0.39, 0.29) is 0 Å². The van der Waals surface area contributed by atoms with E-state index in [9.17, 15) is 0 Å². The van der Waals surface area contributed by atoms with Crippen molar-refractivity contribution in [1.82, 2.24) is 5.32 Å². The Kier molecular flexibility index (Phi) is 7.12. The summed E-state index contributed by atoms with van der Waals surface area (Å²) in [6, 6.07) is 8.32. The minimum Gasteiger partial charge on any atom is -0.383 e. The number of ether oxygens (including phenoxy) is 1. The second kappa shape index (κ2) is 8.12. The van der Waals surface area contributed by atoms with Crippen molar-refractivity contribution in [3.8, 4) is 0 Å². The van der Waals surface area contributed by atoms with E-state index >= 15 is 0 Å².